The first-order valence-electron chi connectivity index (χ1n) is 9.01. The Hall–Kier alpha value is -2.89. The molecule has 0 spiro atoms. The second-order valence-corrected chi connectivity index (χ2v) is 6.55. The smallest absolute Gasteiger partial charge is 0.257 e. The van der Waals surface area contributed by atoms with Gasteiger partial charge in [-0.3, -0.25) is 14.6 Å². The zero-order valence-electron chi connectivity index (χ0n) is 15.0. The molecule has 0 unspecified atom stereocenters. The SMILES string of the molecule is CC(=O)Nc1cccc(NC(=O)c2cncc(N3CCCCCC3)c2)c1. The Balaban J connectivity index is 1.72. The third kappa shape index (κ3) is 4.81. The van der Waals surface area contributed by atoms with Gasteiger partial charge in [-0.1, -0.05) is 18.9 Å². The predicted octanol–water partition coefficient (Wildman–Crippen LogP) is 3.67. The van der Waals surface area contributed by atoms with Gasteiger partial charge in [-0.25, -0.2) is 0 Å². The van der Waals surface area contributed by atoms with Gasteiger partial charge in [-0.05, 0) is 37.1 Å². The average molecular weight is 352 g/mol. The van der Waals surface area contributed by atoms with Crippen LogP contribution in [0, 0.1) is 0 Å². The van der Waals surface area contributed by atoms with E-state index < -0.39 is 0 Å². The van der Waals surface area contributed by atoms with Gasteiger partial charge in [0.15, 0.2) is 0 Å². The molecule has 2 amide bonds. The summed E-state index contributed by atoms with van der Waals surface area (Å²) in [6.45, 7) is 3.46. The number of benzene rings is 1. The molecule has 3 rings (SSSR count). The molecule has 2 aromatic rings. The van der Waals surface area contributed by atoms with E-state index in [1.165, 1.54) is 32.6 Å². The first-order chi connectivity index (χ1) is 12.6. The highest BCUT2D eigenvalue weighted by Crippen LogP contribution is 2.21. The van der Waals surface area contributed by atoms with Gasteiger partial charge < -0.3 is 15.5 Å². The lowest BCUT2D eigenvalue weighted by Crippen LogP contribution is -2.24. The van der Waals surface area contributed by atoms with Crippen molar-refractivity contribution in [3.05, 3.63) is 48.3 Å². The minimum atomic E-state index is -0.214. The third-order valence-electron chi connectivity index (χ3n) is 4.40. The van der Waals surface area contributed by atoms with Crippen LogP contribution in [0.2, 0.25) is 0 Å². The number of hydrogen-bond acceptors (Lipinski definition) is 4. The van der Waals surface area contributed by atoms with Gasteiger partial charge in [-0.15, -0.1) is 0 Å². The van der Waals surface area contributed by atoms with Crippen LogP contribution in [-0.2, 0) is 4.79 Å². The molecule has 0 saturated carbocycles. The van der Waals surface area contributed by atoms with Crippen molar-refractivity contribution in [2.24, 2.45) is 0 Å². The maximum absolute atomic E-state index is 12.6. The van der Waals surface area contributed by atoms with Crippen molar-refractivity contribution in [2.75, 3.05) is 28.6 Å². The minimum absolute atomic E-state index is 0.150. The quantitative estimate of drug-likeness (QED) is 0.880. The van der Waals surface area contributed by atoms with Gasteiger partial charge in [0.2, 0.25) is 5.91 Å². The lowest BCUT2D eigenvalue weighted by molar-refractivity contribution is -0.114. The van der Waals surface area contributed by atoms with Crippen LogP contribution in [0.1, 0.15) is 43.0 Å². The van der Waals surface area contributed by atoms with E-state index in [0.29, 0.717) is 16.9 Å². The third-order valence-corrected chi connectivity index (χ3v) is 4.40. The van der Waals surface area contributed by atoms with E-state index in [1.54, 1.807) is 30.5 Å². The molecule has 2 heterocycles. The van der Waals surface area contributed by atoms with E-state index in [2.05, 4.69) is 20.5 Å². The van der Waals surface area contributed by atoms with E-state index in [9.17, 15) is 9.59 Å². The summed E-state index contributed by atoms with van der Waals surface area (Å²) in [5.41, 5.74) is 2.79. The molecule has 0 bridgehead atoms. The number of rotatable bonds is 4. The van der Waals surface area contributed by atoms with Gasteiger partial charge in [0, 0.05) is 37.6 Å². The van der Waals surface area contributed by atoms with Crippen LogP contribution in [-0.4, -0.2) is 29.9 Å². The molecular weight excluding hydrogens is 328 g/mol. The maximum atomic E-state index is 12.6. The summed E-state index contributed by atoms with van der Waals surface area (Å²) in [5.74, 6) is -0.364. The summed E-state index contributed by atoms with van der Waals surface area (Å²) in [7, 11) is 0. The number of carbonyl (C=O) groups is 2. The number of anilines is 3. The largest absolute Gasteiger partial charge is 0.370 e. The van der Waals surface area contributed by atoms with Crippen LogP contribution in [0.15, 0.2) is 42.7 Å². The molecule has 1 saturated heterocycles. The van der Waals surface area contributed by atoms with Crippen LogP contribution in [0.25, 0.3) is 0 Å². The van der Waals surface area contributed by atoms with E-state index >= 15 is 0 Å². The van der Waals surface area contributed by atoms with Crippen molar-refractivity contribution >= 4 is 28.9 Å². The Bertz CT molecular complexity index is 783. The summed E-state index contributed by atoms with van der Waals surface area (Å²) >= 11 is 0. The fourth-order valence-corrected chi connectivity index (χ4v) is 3.14. The van der Waals surface area contributed by atoms with E-state index in [-0.39, 0.29) is 11.8 Å². The van der Waals surface area contributed by atoms with E-state index in [4.69, 9.17) is 0 Å². The number of carbonyl (C=O) groups excluding carboxylic acids is 2. The normalized spacial score (nSPS) is 14.4. The van der Waals surface area contributed by atoms with Gasteiger partial charge in [0.05, 0.1) is 17.4 Å². The summed E-state index contributed by atoms with van der Waals surface area (Å²) < 4.78 is 0. The first kappa shape index (κ1) is 17.9. The Morgan fingerprint density at radius 1 is 0.962 bits per heavy atom. The molecule has 2 N–H and O–H groups in total. The van der Waals surface area contributed by atoms with Crippen molar-refractivity contribution in [1.82, 2.24) is 4.98 Å². The number of nitrogens with one attached hydrogen (secondary N) is 2. The van der Waals surface area contributed by atoms with Crippen LogP contribution < -0.4 is 15.5 Å². The minimum Gasteiger partial charge on any atom is -0.370 e. The number of amides is 2. The molecule has 6 heteroatoms. The standard InChI is InChI=1S/C20H24N4O2/c1-15(25)22-17-7-6-8-18(12-17)23-20(26)16-11-19(14-21-13-16)24-9-4-2-3-5-10-24/h6-8,11-14H,2-5,9-10H2,1H3,(H,22,25)(H,23,26). The molecule has 6 nitrogen and oxygen atoms in total. The summed E-state index contributed by atoms with van der Waals surface area (Å²) in [6.07, 6.45) is 8.26. The molecule has 1 aromatic heterocycles. The Morgan fingerprint density at radius 2 is 1.65 bits per heavy atom. The monoisotopic (exact) mass is 352 g/mol. The molecule has 0 aliphatic carbocycles. The van der Waals surface area contributed by atoms with E-state index in [0.717, 1.165) is 18.8 Å². The molecule has 136 valence electrons. The number of hydrogen-bond donors (Lipinski definition) is 2. The second-order valence-electron chi connectivity index (χ2n) is 6.55. The molecule has 1 aliphatic heterocycles. The van der Waals surface area contributed by atoms with Gasteiger partial charge >= 0.3 is 0 Å². The van der Waals surface area contributed by atoms with Crippen molar-refractivity contribution in [3.8, 4) is 0 Å². The molecule has 26 heavy (non-hydrogen) atoms. The topological polar surface area (TPSA) is 74.3 Å². The van der Waals surface area contributed by atoms with Crippen LogP contribution in [0.4, 0.5) is 17.1 Å². The molecular formula is C20H24N4O2. The molecule has 1 aliphatic rings. The van der Waals surface area contributed by atoms with Crippen molar-refractivity contribution in [1.29, 1.82) is 0 Å². The van der Waals surface area contributed by atoms with Gasteiger partial charge in [0.25, 0.3) is 5.91 Å². The highest BCUT2D eigenvalue weighted by Gasteiger charge is 2.13. The zero-order chi connectivity index (χ0) is 18.4. The van der Waals surface area contributed by atoms with Crippen LogP contribution in [0.5, 0.6) is 0 Å². The van der Waals surface area contributed by atoms with E-state index in [1.807, 2.05) is 12.3 Å². The van der Waals surface area contributed by atoms with Crippen LogP contribution in [0.3, 0.4) is 0 Å². The zero-order valence-corrected chi connectivity index (χ0v) is 15.0. The van der Waals surface area contributed by atoms with Gasteiger partial charge in [0.1, 0.15) is 0 Å². The highest BCUT2D eigenvalue weighted by molar-refractivity contribution is 6.05. The summed E-state index contributed by atoms with van der Waals surface area (Å²) in [4.78, 5) is 30.3. The lowest BCUT2D eigenvalue weighted by Gasteiger charge is -2.22. The number of aromatic nitrogens is 1. The van der Waals surface area contributed by atoms with Gasteiger partial charge in [-0.2, -0.15) is 0 Å². The summed E-state index contributed by atoms with van der Waals surface area (Å²) in [5, 5.41) is 5.57. The van der Waals surface area contributed by atoms with Crippen molar-refractivity contribution in [3.63, 3.8) is 0 Å². The Kier molecular flexibility index (Phi) is 5.84. The first-order valence-corrected chi connectivity index (χ1v) is 9.01. The fraction of sp³-hybridized carbons (Fsp3) is 0.350. The molecule has 0 atom stereocenters. The Labute approximate surface area is 153 Å². The number of nitrogens with zero attached hydrogens (tertiary/aromatic N) is 2. The molecule has 1 aromatic carbocycles. The van der Waals surface area contributed by atoms with Crippen molar-refractivity contribution in [2.45, 2.75) is 32.6 Å². The highest BCUT2D eigenvalue weighted by atomic mass is 16.2. The maximum Gasteiger partial charge on any atom is 0.257 e. The number of pyridine rings is 1. The predicted molar refractivity (Wildman–Crippen MR) is 104 cm³/mol. The van der Waals surface area contributed by atoms with Crippen LogP contribution >= 0.6 is 0 Å². The van der Waals surface area contributed by atoms with Crippen molar-refractivity contribution < 1.29 is 9.59 Å². The molecule has 0 radical (unpaired) electrons. The average Bonchev–Trinajstić information content (AvgIpc) is 2.91. The fourth-order valence-electron chi connectivity index (χ4n) is 3.14. The lowest BCUT2D eigenvalue weighted by atomic mass is 10.2. The Morgan fingerprint density at radius 3 is 2.35 bits per heavy atom. The molecule has 1 fully saturated rings. The second kappa shape index (κ2) is 8.47. The summed E-state index contributed by atoms with van der Waals surface area (Å²) in [6, 6.07) is 8.97.